The van der Waals surface area contributed by atoms with Crippen LogP contribution in [0.15, 0.2) is 18.5 Å². The van der Waals surface area contributed by atoms with Crippen LogP contribution in [0.2, 0.25) is 0 Å². The largest absolute Gasteiger partial charge is 0.382 e. The molecule has 0 amide bonds. The average molecular weight is 177 g/mol. The molecule has 0 aliphatic carbocycles. The number of anilines is 2. The minimum atomic E-state index is 0.166. The maximum Gasteiger partial charge on any atom is 0.0762 e. The molecule has 2 heterocycles. The maximum atomic E-state index is 4.08. The van der Waals surface area contributed by atoms with Crippen molar-refractivity contribution in [3.05, 3.63) is 18.5 Å². The molecule has 2 N–H and O–H groups in total. The van der Waals surface area contributed by atoms with Gasteiger partial charge in [-0.2, -0.15) is 0 Å². The van der Waals surface area contributed by atoms with Crippen LogP contribution in [0, 0.1) is 0 Å². The van der Waals surface area contributed by atoms with Crippen molar-refractivity contribution >= 4 is 11.4 Å². The fraction of sp³-hybridized carbons (Fsp3) is 0.500. The van der Waals surface area contributed by atoms with Gasteiger partial charge >= 0.3 is 0 Å². The van der Waals surface area contributed by atoms with E-state index in [0.29, 0.717) is 0 Å². The molecule has 3 heteroatoms. The lowest BCUT2D eigenvalue weighted by Gasteiger charge is -2.24. The van der Waals surface area contributed by atoms with E-state index in [4.69, 9.17) is 0 Å². The van der Waals surface area contributed by atoms with E-state index in [9.17, 15) is 0 Å². The number of pyridine rings is 1. The summed E-state index contributed by atoms with van der Waals surface area (Å²) in [6.07, 6.45) is 4.79. The first kappa shape index (κ1) is 8.35. The SMILES string of the molecule is CC1(C)CCNc2cnccc2N1. The van der Waals surface area contributed by atoms with Gasteiger partial charge in [-0.25, -0.2) is 0 Å². The predicted octanol–water partition coefficient (Wildman–Crippen LogP) is 2.09. The Bertz CT molecular complexity index is 307. The molecule has 1 aliphatic rings. The normalized spacial score (nSPS) is 19.2. The molecule has 1 aliphatic heterocycles. The molecule has 1 aromatic heterocycles. The van der Waals surface area contributed by atoms with Crippen LogP contribution >= 0.6 is 0 Å². The number of hydrogen-bond acceptors (Lipinski definition) is 3. The lowest BCUT2D eigenvalue weighted by molar-refractivity contribution is 0.540. The van der Waals surface area contributed by atoms with Gasteiger partial charge in [-0.1, -0.05) is 0 Å². The molecule has 0 atom stereocenters. The fourth-order valence-electron chi connectivity index (χ4n) is 1.58. The molecule has 0 saturated heterocycles. The molecule has 0 radical (unpaired) electrons. The second-order valence-corrected chi connectivity index (χ2v) is 4.11. The van der Waals surface area contributed by atoms with Gasteiger partial charge in [-0.3, -0.25) is 4.98 Å². The van der Waals surface area contributed by atoms with Gasteiger partial charge in [0.15, 0.2) is 0 Å². The molecule has 0 fully saturated rings. The van der Waals surface area contributed by atoms with Gasteiger partial charge in [0.1, 0.15) is 0 Å². The van der Waals surface area contributed by atoms with E-state index in [1.54, 1.807) is 0 Å². The highest BCUT2D eigenvalue weighted by molar-refractivity contribution is 5.68. The van der Waals surface area contributed by atoms with Crippen LogP contribution in [0.5, 0.6) is 0 Å². The number of hydrogen-bond donors (Lipinski definition) is 2. The zero-order valence-corrected chi connectivity index (χ0v) is 8.09. The second-order valence-electron chi connectivity index (χ2n) is 4.11. The van der Waals surface area contributed by atoms with Gasteiger partial charge in [0.2, 0.25) is 0 Å². The van der Waals surface area contributed by atoms with E-state index in [0.717, 1.165) is 24.3 Å². The van der Waals surface area contributed by atoms with Crippen LogP contribution in [0.4, 0.5) is 11.4 Å². The Kier molecular flexibility index (Phi) is 1.87. The van der Waals surface area contributed by atoms with E-state index in [1.807, 2.05) is 18.5 Å². The van der Waals surface area contributed by atoms with Crippen LogP contribution in [0.1, 0.15) is 20.3 Å². The Morgan fingerprint density at radius 1 is 1.38 bits per heavy atom. The summed E-state index contributed by atoms with van der Waals surface area (Å²) in [7, 11) is 0. The van der Waals surface area contributed by atoms with Gasteiger partial charge in [0, 0.05) is 18.3 Å². The van der Waals surface area contributed by atoms with Crippen molar-refractivity contribution in [1.82, 2.24) is 4.98 Å². The second kappa shape index (κ2) is 2.91. The molecular formula is C10H15N3. The number of rotatable bonds is 0. The molecule has 0 bridgehead atoms. The third-order valence-electron chi connectivity index (χ3n) is 2.36. The molecule has 3 nitrogen and oxygen atoms in total. The van der Waals surface area contributed by atoms with Gasteiger partial charge in [-0.15, -0.1) is 0 Å². The monoisotopic (exact) mass is 177 g/mol. The van der Waals surface area contributed by atoms with Crippen LogP contribution in [0.25, 0.3) is 0 Å². The van der Waals surface area contributed by atoms with Crippen molar-refractivity contribution in [3.8, 4) is 0 Å². The van der Waals surface area contributed by atoms with E-state index < -0.39 is 0 Å². The molecule has 0 spiro atoms. The minimum absolute atomic E-state index is 0.166. The van der Waals surface area contributed by atoms with Crippen LogP contribution in [-0.2, 0) is 0 Å². The van der Waals surface area contributed by atoms with E-state index in [-0.39, 0.29) is 5.54 Å². The summed E-state index contributed by atoms with van der Waals surface area (Å²) in [5, 5.41) is 6.85. The standard InChI is InChI=1S/C10H15N3/c1-10(2)4-6-12-9-7-11-5-3-8(9)13-10/h3,5,7,12-13H,4,6H2,1-2H3. The fourth-order valence-corrected chi connectivity index (χ4v) is 1.58. The van der Waals surface area contributed by atoms with E-state index >= 15 is 0 Å². The lowest BCUT2D eigenvalue weighted by Crippen LogP contribution is -2.30. The Morgan fingerprint density at radius 3 is 3.08 bits per heavy atom. The molecule has 70 valence electrons. The van der Waals surface area contributed by atoms with Crippen molar-refractivity contribution in [2.75, 3.05) is 17.2 Å². The van der Waals surface area contributed by atoms with E-state index in [1.165, 1.54) is 0 Å². The van der Waals surface area contributed by atoms with Gasteiger partial charge in [-0.05, 0) is 26.3 Å². The smallest absolute Gasteiger partial charge is 0.0762 e. The number of nitrogens with one attached hydrogen (secondary N) is 2. The average Bonchev–Trinajstić information content (AvgIpc) is 2.21. The Hall–Kier alpha value is -1.25. The third kappa shape index (κ3) is 1.74. The van der Waals surface area contributed by atoms with Crippen molar-refractivity contribution in [1.29, 1.82) is 0 Å². The highest BCUT2D eigenvalue weighted by atomic mass is 15.0. The third-order valence-corrected chi connectivity index (χ3v) is 2.36. The van der Waals surface area contributed by atoms with Crippen molar-refractivity contribution in [2.45, 2.75) is 25.8 Å². The van der Waals surface area contributed by atoms with Crippen LogP contribution < -0.4 is 10.6 Å². The van der Waals surface area contributed by atoms with Crippen LogP contribution in [0.3, 0.4) is 0 Å². The molecule has 2 rings (SSSR count). The summed E-state index contributed by atoms with van der Waals surface area (Å²) < 4.78 is 0. The zero-order chi connectivity index (χ0) is 9.31. The van der Waals surface area contributed by atoms with E-state index in [2.05, 4.69) is 29.5 Å². The summed E-state index contributed by atoms with van der Waals surface area (Å²) in [6.45, 7) is 5.42. The predicted molar refractivity (Wildman–Crippen MR) is 55.0 cm³/mol. The summed E-state index contributed by atoms with van der Waals surface area (Å²) in [4.78, 5) is 4.08. The molecule has 0 aromatic carbocycles. The molecule has 0 unspecified atom stereocenters. The first-order chi connectivity index (χ1) is 6.17. The number of nitrogens with zero attached hydrogens (tertiary/aromatic N) is 1. The topological polar surface area (TPSA) is 37.0 Å². The molecule has 0 saturated carbocycles. The quantitative estimate of drug-likeness (QED) is 0.637. The van der Waals surface area contributed by atoms with Gasteiger partial charge < -0.3 is 10.6 Å². The minimum Gasteiger partial charge on any atom is -0.382 e. The lowest BCUT2D eigenvalue weighted by atomic mass is 10.0. The Labute approximate surface area is 78.6 Å². The van der Waals surface area contributed by atoms with Gasteiger partial charge in [0.05, 0.1) is 17.6 Å². The molecular weight excluding hydrogens is 162 g/mol. The molecule has 13 heavy (non-hydrogen) atoms. The number of aromatic nitrogens is 1. The summed E-state index contributed by atoms with van der Waals surface area (Å²) in [6, 6.07) is 2.01. The first-order valence-corrected chi connectivity index (χ1v) is 4.63. The zero-order valence-electron chi connectivity index (χ0n) is 8.09. The van der Waals surface area contributed by atoms with Crippen molar-refractivity contribution in [2.24, 2.45) is 0 Å². The Morgan fingerprint density at radius 2 is 2.23 bits per heavy atom. The summed E-state index contributed by atoms with van der Waals surface area (Å²) >= 11 is 0. The highest BCUT2D eigenvalue weighted by Crippen LogP contribution is 2.28. The summed E-state index contributed by atoms with van der Waals surface area (Å²) in [5.74, 6) is 0. The number of fused-ring (bicyclic) bond motifs is 1. The Balaban J connectivity index is 2.34. The summed E-state index contributed by atoms with van der Waals surface area (Å²) in [5.41, 5.74) is 2.42. The van der Waals surface area contributed by atoms with Gasteiger partial charge in [0.25, 0.3) is 0 Å². The maximum absolute atomic E-state index is 4.08. The van der Waals surface area contributed by atoms with Crippen molar-refractivity contribution in [3.63, 3.8) is 0 Å². The molecule has 1 aromatic rings. The van der Waals surface area contributed by atoms with Crippen LogP contribution in [-0.4, -0.2) is 17.1 Å². The highest BCUT2D eigenvalue weighted by Gasteiger charge is 2.21. The van der Waals surface area contributed by atoms with Crippen molar-refractivity contribution < 1.29 is 0 Å². The first-order valence-electron chi connectivity index (χ1n) is 4.63.